The van der Waals surface area contributed by atoms with Gasteiger partial charge in [0.25, 0.3) is 0 Å². The molecule has 0 spiro atoms. The van der Waals surface area contributed by atoms with E-state index in [9.17, 15) is 0 Å². The van der Waals surface area contributed by atoms with E-state index in [1.807, 2.05) is 16.9 Å². The molecule has 0 saturated carbocycles. The van der Waals surface area contributed by atoms with E-state index in [0.29, 0.717) is 5.82 Å². The van der Waals surface area contributed by atoms with Gasteiger partial charge in [0, 0.05) is 12.6 Å². The van der Waals surface area contributed by atoms with Crippen molar-refractivity contribution in [1.29, 1.82) is 0 Å². The fraction of sp³-hybridized carbons (Fsp3) is 0.364. The number of nitrogens with two attached hydrogens (primary N) is 1. The number of anilines is 3. The van der Waals surface area contributed by atoms with E-state index in [1.54, 1.807) is 0 Å². The Morgan fingerprint density at radius 1 is 1.07 bits per heavy atom. The summed E-state index contributed by atoms with van der Waals surface area (Å²) < 4.78 is 2.01. The largest absolute Gasteiger partial charge is 0.384 e. The Hall–Kier alpha value is -3.10. The molecule has 6 N–H and O–H groups in total. The number of hydrogen-bond donors (Lipinski definition) is 5. The summed E-state index contributed by atoms with van der Waals surface area (Å²) in [6.45, 7) is 3.07. The van der Waals surface area contributed by atoms with Crippen LogP contribution >= 0.6 is 0 Å². The van der Waals surface area contributed by atoms with E-state index >= 15 is 0 Å². The van der Waals surface area contributed by atoms with Crippen molar-refractivity contribution < 1.29 is 0 Å². The van der Waals surface area contributed by atoms with Gasteiger partial charge in [-0.3, -0.25) is 10.1 Å². The molecule has 156 valence electrons. The van der Waals surface area contributed by atoms with E-state index in [0.717, 1.165) is 54.6 Å². The molecule has 2 aromatic heterocycles. The molecule has 8 nitrogen and oxygen atoms in total. The Labute approximate surface area is 176 Å². The number of benzene rings is 1. The fourth-order valence-corrected chi connectivity index (χ4v) is 4.41. The van der Waals surface area contributed by atoms with Crippen molar-refractivity contribution >= 4 is 17.3 Å². The number of hydrogen-bond acceptors (Lipinski definition) is 7. The van der Waals surface area contributed by atoms with Gasteiger partial charge in [-0.25, -0.2) is 4.98 Å². The average Bonchev–Trinajstić information content (AvgIpc) is 3.38. The molecule has 2 aliphatic heterocycles. The zero-order valence-electron chi connectivity index (χ0n) is 17.0. The summed E-state index contributed by atoms with van der Waals surface area (Å²) in [4.78, 5) is 4.28. The lowest BCUT2D eigenvalue weighted by Gasteiger charge is -2.22. The third-order valence-corrected chi connectivity index (χ3v) is 5.89. The van der Waals surface area contributed by atoms with Crippen LogP contribution in [0.3, 0.4) is 0 Å². The first kappa shape index (κ1) is 18.9. The zero-order chi connectivity index (χ0) is 20.3. The van der Waals surface area contributed by atoms with Crippen molar-refractivity contribution in [3.8, 4) is 0 Å². The smallest absolute Gasteiger partial charge is 0.169 e. The Balaban J connectivity index is 1.26. The Bertz CT molecular complexity index is 1020. The number of rotatable bonds is 6. The van der Waals surface area contributed by atoms with Gasteiger partial charge in [-0.1, -0.05) is 24.3 Å². The molecular weight excluding hydrogens is 376 g/mol. The Kier molecular flexibility index (Phi) is 5.25. The summed E-state index contributed by atoms with van der Waals surface area (Å²) in [6, 6.07) is 10.8. The molecule has 30 heavy (non-hydrogen) atoms. The first-order valence-electron chi connectivity index (χ1n) is 10.6. The van der Waals surface area contributed by atoms with Crippen LogP contribution in [0.2, 0.25) is 0 Å². The highest BCUT2D eigenvalue weighted by molar-refractivity contribution is 5.74. The number of nitrogens with zero attached hydrogens (tertiary/aromatic N) is 3. The second kappa shape index (κ2) is 8.33. The number of fused-ring (bicyclic) bond motifs is 1. The molecule has 0 aliphatic carbocycles. The van der Waals surface area contributed by atoms with Gasteiger partial charge < -0.3 is 16.5 Å². The standard InChI is InChI=1S/C22H28N8/c23-20-11-19(21-22(26-20)28-29-27-21)10-18-12-25-30(14-18)13-17-3-1-2-16(9-17)8-15-4-6-24-7-5-15/h1-3,9,11-12,14-15,24,27,29H,4-8,10,13H2,(H3,23,26,28). The molecule has 8 heteroatoms. The van der Waals surface area contributed by atoms with Gasteiger partial charge in [0.15, 0.2) is 5.82 Å². The van der Waals surface area contributed by atoms with Crippen molar-refractivity contribution in [2.75, 3.05) is 29.7 Å². The second-order valence-corrected chi connectivity index (χ2v) is 8.25. The van der Waals surface area contributed by atoms with Crippen LogP contribution in [0.25, 0.3) is 0 Å². The van der Waals surface area contributed by atoms with Gasteiger partial charge in [-0.05, 0) is 66.6 Å². The SMILES string of the molecule is Nc1cc(Cc2cnn(Cc3cccc(CC4CCNCC4)c3)c2)c2c(n1)NNN2. The van der Waals surface area contributed by atoms with Crippen LogP contribution in [0, 0.1) is 5.92 Å². The Morgan fingerprint density at radius 2 is 1.93 bits per heavy atom. The molecule has 1 fully saturated rings. The lowest BCUT2D eigenvalue weighted by atomic mass is 9.90. The molecule has 0 unspecified atom stereocenters. The predicted molar refractivity (Wildman–Crippen MR) is 119 cm³/mol. The van der Waals surface area contributed by atoms with Gasteiger partial charge in [0.1, 0.15) is 5.82 Å². The van der Waals surface area contributed by atoms with Crippen molar-refractivity contribution in [1.82, 2.24) is 25.6 Å². The fourth-order valence-electron chi connectivity index (χ4n) is 4.41. The van der Waals surface area contributed by atoms with Gasteiger partial charge >= 0.3 is 0 Å². The zero-order valence-corrected chi connectivity index (χ0v) is 17.0. The van der Waals surface area contributed by atoms with Crippen LogP contribution in [0.15, 0.2) is 42.7 Å². The lowest BCUT2D eigenvalue weighted by molar-refractivity contribution is 0.372. The predicted octanol–water partition coefficient (Wildman–Crippen LogP) is 2.30. The molecule has 3 aromatic rings. The normalized spacial score (nSPS) is 16.1. The van der Waals surface area contributed by atoms with E-state index in [2.05, 4.69) is 62.2 Å². The third-order valence-electron chi connectivity index (χ3n) is 5.89. The molecule has 1 aromatic carbocycles. The summed E-state index contributed by atoms with van der Waals surface area (Å²) in [5.74, 6) is 2.02. The highest BCUT2D eigenvalue weighted by atomic mass is 15.6. The quantitative estimate of drug-likeness (QED) is 0.429. The van der Waals surface area contributed by atoms with Crippen molar-refractivity contribution in [3.63, 3.8) is 0 Å². The number of hydrazine groups is 2. The molecular formula is C22H28N8. The van der Waals surface area contributed by atoms with E-state index < -0.39 is 0 Å². The summed E-state index contributed by atoms with van der Waals surface area (Å²) >= 11 is 0. The minimum absolute atomic E-state index is 0.500. The molecule has 2 aliphatic rings. The maximum absolute atomic E-state index is 5.94. The first-order chi connectivity index (χ1) is 14.7. The van der Waals surface area contributed by atoms with Gasteiger partial charge in [-0.15, -0.1) is 5.53 Å². The highest BCUT2D eigenvalue weighted by Crippen LogP contribution is 2.30. The molecule has 0 radical (unpaired) electrons. The van der Waals surface area contributed by atoms with E-state index in [4.69, 9.17) is 5.73 Å². The van der Waals surface area contributed by atoms with Crippen LogP contribution in [-0.2, 0) is 19.4 Å². The second-order valence-electron chi connectivity index (χ2n) is 8.25. The topological polar surface area (TPSA) is 105 Å². The molecule has 0 atom stereocenters. The summed E-state index contributed by atoms with van der Waals surface area (Å²) in [6.07, 6.45) is 8.49. The highest BCUT2D eigenvalue weighted by Gasteiger charge is 2.17. The molecule has 1 saturated heterocycles. The number of piperidine rings is 1. The number of nitrogen functional groups attached to an aromatic ring is 1. The van der Waals surface area contributed by atoms with Gasteiger partial charge in [-0.2, -0.15) is 5.10 Å². The third kappa shape index (κ3) is 4.24. The van der Waals surface area contributed by atoms with Crippen LogP contribution in [0.5, 0.6) is 0 Å². The molecule has 5 rings (SSSR count). The first-order valence-corrected chi connectivity index (χ1v) is 10.6. The summed E-state index contributed by atoms with van der Waals surface area (Å²) in [5, 5.41) is 8.03. The number of pyridine rings is 1. The number of nitrogens with one attached hydrogen (secondary N) is 4. The van der Waals surface area contributed by atoms with Crippen LogP contribution < -0.4 is 27.4 Å². The van der Waals surface area contributed by atoms with E-state index in [-0.39, 0.29) is 0 Å². The maximum atomic E-state index is 5.94. The Morgan fingerprint density at radius 3 is 2.83 bits per heavy atom. The molecule has 0 bridgehead atoms. The molecule has 0 amide bonds. The van der Waals surface area contributed by atoms with Gasteiger partial charge in [0.2, 0.25) is 0 Å². The maximum Gasteiger partial charge on any atom is 0.169 e. The van der Waals surface area contributed by atoms with Crippen molar-refractivity contribution in [2.24, 2.45) is 5.92 Å². The summed E-state index contributed by atoms with van der Waals surface area (Å²) in [7, 11) is 0. The van der Waals surface area contributed by atoms with Crippen LogP contribution in [-0.4, -0.2) is 27.9 Å². The van der Waals surface area contributed by atoms with E-state index in [1.165, 1.54) is 30.4 Å². The van der Waals surface area contributed by atoms with Gasteiger partial charge in [0.05, 0.1) is 18.4 Å². The van der Waals surface area contributed by atoms with Crippen LogP contribution in [0.1, 0.15) is 35.1 Å². The minimum Gasteiger partial charge on any atom is -0.384 e. The lowest BCUT2D eigenvalue weighted by Crippen LogP contribution is -2.28. The van der Waals surface area contributed by atoms with Crippen molar-refractivity contribution in [2.45, 2.75) is 32.2 Å². The summed E-state index contributed by atoms with van der Waals surface area (Å²) in [5.41, 5.74) is 20.7. The average molecular weight is 405 g/mol. The monoisotopic (exact) mass is 404 g/mol. The molecule has 4 heterocycles. The minimum atomic E-state index is 0.500. The van der Waals surface area contributed by atoms with Crippen LogP contribution in [0.4, 0.5) is 17.3 Å². The van der Waals surface area contributed by atoms with Crippen molar-refractivity contribution in [3.05, 3.63) is 65.0 Å². The number of aromatic nitrogens is 3.